The molecule has 1 heteroatoms. The Morgan fingerprint density at radius 1 is 1.50 bits per heavy atom. The lowest BCUT2D eigenvalue weighted by atomic mass is 10.0. The van der Waals surface area contributed by atoms with E-state index in [0.29, 0.717) is 0 Å². The van der Waals surface area contributed by atoms with E-state index in [1.54, 1.807) is 7.11 Å². The van der Waals surface area contributed by atoms with E-state index >= 15 is 0 Å². The average Bonchev–Trinajstić information content (AvgIpc) is 2.19. The zero-order valence-corrected chi connectivity index (χ0v) is 9.05. The molecule has 0 heterocycles. The Morgan fingerprint density at radius 3 is 2.71 bits per heavy atom. The van der Waals surface area contributed by atoms with Crippen molar-refractivity contribution in [3.8, 4) is 5.75 Å². The van der Waals surface area contributed by atoms with E-state index in [9.17, 15) is 0 Å². The van der Waals surface area contributed by atoms with Gasteiger partial charge in [0, 0.05) is 5.56 Å². The summed E-state index contributed by atoms with van der Waals surface area (Å²) in [6.45, 7) is 7.77. The van der Waals surface area contributed by atoms with Crippen molar-refractivity contribution in [2.24, 2.45) is 0 Å². The van der Waals surface area contributed by atoms with Crippen LogP contribution < -0.4 is 4.74 Å². The topological polar surface area (TPSA) is 9.23 Å². The van der Waals surface area contributed by atoms with Gasteiger partial charge in [-0.25, -0.2) is 0 Å². The quantitative estimate of drug-likeness (QED) is 0.661. The Morgan fingerprint density at radius 2 is 2.21 bits per heavy atom. The maximum Gasteiger partial charge on any atom is 0.129 e. The van der Waals surface area contributed by atoms with Crippen LogP contribution in [0.5, 0.6) is 5.75 Å². The lowest BCUT2D eigenvalue weighted by molar-refractivity contribution is 0.410. The predicted octanol–water partition coefficient (Wildman–Crippen LogP) is 3.36. The van der Waals surface area contributed by atoms with Crippen LogP contribution in [-0.2, 0) is 6.42 Å². The third-order valence-corrected chi connectivity index (χ3v) is 2.31. The maximum atomic E-state index is 5.37. The number of hydrogen-bond donors (Lipinski definition) is 0. The van der Waals surface area contributed by atoms with Crippen LogP contribution >= 0.6 is 0 Å². The first-order valence-electron chi connectivity index (χ1n) is 4.76. The van der Waals surface area contributed by atoms with E-state index in [0.717, 1.165) is 23.3 Å². The van der Waals surface area contributed by atoms with Crippen LogP contribution in [0, 0.1) is 6.92 Å². The Labute approximate surface area is 85.7 Å². The first kappa shape index (κ1) is 10.6. The summed E-state index contributed by atoms with van der Waals surface area (Å²) in [7, 11) is 1.70. The second-order valence-corrected chi connectivity index (χ2v) is 3.19. The molecule has 0 aliphatic rings. The molecule has 0 saturated heterocycles. The van der Waals surface area contributed by atoms with Crippen molar-refractivity contribution in [3.63, 3.8) is 0 Å². The molecule has 1 nitrogen and oxygen atoms in total. The van der Waals surface area contributed by atoms with Crippen molar-refractivity contribution < 1.29 is 4.74 Å². The summed E-state index contributed by atoms with van der Waals surface area (Å²) in [5.74, 6) is 0.931. The molecule has 1 rings (SSSR count). The van der Waals surface area contributed by atoms with E-state index < -0.39 is 0 Å². The summed E-state index contributed by atoms with van der Waals surface area (Å²) in [6.07, 6.45) is 2.87. The van der Waals surface area contributed by atoms with Crippen LogP contribution in [0.3, 0.4) is 0 Å². The zero-order valence-electron chi connectivity index (χ0n) is 9.05. The standard InChI is InChI=1S/C13H16O/c1-5-7-12-11(6-2)9-8-10(3)13(12)14-4/h7-9H,1,6H2,2-4H3. The maximum absolute atomic E-state index is 5.37. The van der Waals surface area contributed by atoms with Crippen LogP contribution in [0.25, 0.3) is 6.08 Å². The van der Waals surface area contributed by atoms with E-state index in [1.807, 2.05) is 13.0 Å². The molecule has 14 heavy (non-hydrogen) atoms. The summed E-state index contributed by atoms with van der Waals surface area (Å²) in [4.78, 5) is 0. The van der Waals surface area contributed by atoms with Gasteiger partial charge in [-0.2, -0.15) is 0 Å². The summed E-state index contributed by atoms with van der Waals surface area (Å²) in [5.41, 5.74) is 6.32. The molecule has 1 aromatic rings. The molecule has 0 saturated carbocycles. The molecule has 1 aromatic carbocycles. The van der Waals surface area contributed by atoms with Crippen LogP contribution in [0.15, 0.2) is 24.4 Å². The van der Waals surface area contributed by atoms with Gasteiger partial charge in [-0.05, 0) is 30.5 Å². The summed E-state index contributed by atoms with van der Waals surface area (Å²) in [5, 5.41) is 0. The van der Waals surface area contributed by atoms with Gasteiger partial charge >= 0.3 is 0 Å². The minimum Gasteiger partial charge on any atom is -0.496 e. The molecule has 74 valence electrons. The molecule has 0 radical (unpaired) electrons. The van der Waals surface area contributed by atoms with E-state index in [4.69, 9.17) is 4.74 Å². The molecule has 0 unspecified atom stereocenters. The van der Waals surface area contributed by atoms with Crippen molar-refractivity contribution in [3.05, 3.63) is 41.1 Å². The molecule has 0 aliphatic heterocycles. The van der Waals surface area contributed by atoms with Crippen molar-refractivity contribution in [1.82, 2.24) is 0 Å². The minimum absolute atomic E-state index is 0.931. The smallest absolute Gasteiger partial charge is 0.129 e. The molecule has 0 bridgehead atoms. The fraction of sp³-hybridized carbons (Fsp3) is 0.308. The Bertz CT molecular complexity index is 371. The van der Waals surface area contributed by atoms with Gasteiger partial charge in [0.25, 0.3) is 0 Å². The molecule has 0 amide bonds. The van der Waals surface area contributed by atoms with Crippen LogP contribution in [0.4, 0.5) is 0 Å². The molecular formula is C13H16O. The number of benzene rings is 1. The molecule has 0 spiro atoms. The van der Waals surface area contributed by atoms with Crippen molar-refractivity contribution in [1.29, 1.82) is 0 Å². The van der Waals surface area contributed by atoms with Gasteiger partial charge in [0.1, 0.15) is 5.75 Å². The van der Waals surface area contributed by atoms with Gasteiger partial charge in [-0.1, -0.05) is 25.6 Å². The molecule has 0 aliphatic carbocycles. The third kappa shape index (κ3) is 1.89. The normalized spacial score (nSPS) is 9.36. The lowest BCUT2D eigenvalue weighted by Crippen LogP contribution is -1.95. The molecular weight excluding hydrogens is 172 g/mol. The number of rotatable bonds is 3. The van der Waals surface area contributed by atoms with Gasteiger partial charge < -0.3 is 4.74 Å². The fourth-order valence-corrected chi connectivity index (χ4v) is 1.59. The minimum atomic E-state index is 0.931. The molecule has 0 fully saturated rings. The van der Waals surface area contributed by atoms with Crippen LogP contribution in [0.1, 0.15) is 23.6 Å². The largest absolute Gasteiger partial charge is 0.496 e. The SMILES string of the molecule is C=C=Cc1c(CC)ccc(C)c1OC. The highest BCUT2D eigenvalue weighted by atomic mass is 16.5. The number of ether oxygens (including phenoxy) is 1. The summed E-state index contributed by atoms with van der Waals surface area (Å²) < 4.78 is 5.37. The van der Waals surface area contributed by atoms with Crippen molar-refractivity contribution in [2.45, 2.75) is 20.3 Å². The van der Waals surface area contributed by atoms with Gasteiger partial charge in [0.2, 0.25) is 0 Å². The highest BCUT2D eigenvalue weighted by Gasteiger charge is 2.07. The van der Waals surface area contributed by atoms with E-state index in [2.05, 4.69) is 31.4 Å². The average molecular weight is 188 g/mol. The Kier molecular flexibility index (Phi) is 3.55. The Balaban J connectivity index is 3.43. The monoisotopic (exact) mass is 188 g/mol. The van der Waals surface area contributed by atoms with E-state index in [-0.39, 0.29) is 0 Å². The number of methoxy groups -OCH3 is 1. The van der Waals surface area contributed by atoms with Crippen LogP contribution in [-0.4, -0.2) is 7.11 Å². The van der Waals surface area contributed by atoms with Gasteiger partial charge in [0.05, 0.1) is 7.11 Å². The number of aryl methyl sites for hydroxylation is 2. The highest BCUT2D eigenvalue weighted by Crippen LogP contribution is 2.28. The number of hydrogen-bond acceptors (Lipinski definition) is 1. The van der Waals surface area contributed by atoms with Crippen molar-refractivity contribution in [2.75, 3.05) is 7.11 Å². The van der Waals surface area contributed by atoms with E-state index in [1.165, 1.54) is 5.56 Å². The Hall–Kier alpha value is -1.46. The molecule has 0 N–H and O–H groups in total. The second-order valence-electron chi connectivity index (χ2n) is 3.19. The molecule has 0 atom stereocenters. The lowest BCUT2D eigenvalue weighted by Gasteiger charge is -2.11. The summed E-state index contributed by atoms with van der Waals surface area (Å²) in [6, 6.07) is 4.21. The second kappa shape index (κ2) is 4.69. The fourth-order valence-electron chi connectivity index (χ4n) is 1.59. The van der Waals surface area contributed by atoms with Gasteiger partial charge in [-0.15, -0.1) is 5.73 Å². The van der Waals surface area contributed by atoms with Crippen LogP contribution in [0.2, 0.25) is 0 Å². The summed E-state index contributed by atoms with van der Waals surface area (Å²) >= 11 is 0. The van der Waals surface area contributed by atoms with Gasteiger partial charge in [-0.3, -0.25) is 0 Å². The first-order valence-corrected chi connectivity index (χ1v) is 4.76. The molecule has 0 aromatic heterocycles. The zero-order chi connectivity index (χ0) is 10.6. The predicted molar refractivity (Wildman–Crippen MR) is 60.7 cm³/mol. The van der Waals surface area contributed by atoms with Gasteiger partial charge in [0.15, 0.2) is 0 Å². The van der Waals surface area contributed by atoms with Crippen molar-refractivity contribution >= 4 is 6.08 Å². The highest BCUT2D eigenvalue weighted by molar-refractivity contribution is 5.63. The third-order valence-electron chi connectivity index (χ3n) is 2.31. The first-order chi connectivity index (χ1) is 6.74.